The first-order chi connectivity index (χ1) is 27.3. The number of aliphatic imine (C=N–C) groups is 2. The Balaban J connectivity index is 1.11. The van der Waals surface area contributed by atoms with Gasteiger partial charge in [-0.15, -0.1) is 0 Å². The fourth-order valence-electron chi connectivity index (χ4n) is 8.54. The molecule has 0 saturated heterocycles. The molecule has 258 valence electrons. The molecule has 0 bridgehead atoms. The van der Waals surface area contributed by atoms with Gasteiger partial charge >= 0.3 is 0 Å². The minimum absolute atomic E-state index is 0.576. The first-order valence-electron chi connectivity index (χ1n) is 18.5. The summed E-state index contributed by atoms with van der Waals surface area (Å²) in [5, 5.41) is 12.5. The number of amidine groups is 2. The van der Waals surface area contributed by atoms with E-state index in [1.165, 1.54) is 10.8 Å². The van der Waals surface area contributed by atoms with Gasteiger partial charge < -0.3 is 18.7 Å². The van der Waals surface area contributed by atoms with Crippen LogP contribution in [0.15, 0.2) is 189 Å². The highest BCUT2D eigenvalue weighted by atomic mass is 16.3. The molecule has 0 amide bonds. The molecule has 1 atom stereocenters. The first-order valence-corrected chi connectivity index (χ1v) is 18.5. The summed E-state index contributed by atoms with van der Waals surface area (Å²) in [7, 11) is 0. The zero-order valence-electron chi connectivity index (χ0n) is 29.4. The predicted octanol–water partition coefficient (Wildman–Crippen LogP) is 12.2. The van der Waals surface area contributed by atoms with Gasteiger partial charge in [-0.25, -0.2) is 9.98 Å². The van der Waals surface area contributed by atoms with E-state index in [9.17, 15) is 0 Å². The Hall–Kier alpha value is -7.44. The van der Waals surface area contributed by atoms with E-state index in [2.05, 4.69) is 143 Å². The summed E-state index contributed by atoms with van der Waals surface area (Å²) < 4.78 is 15.8. The summed E-state index contributed by atoms with van der Waals surface area (Å²) in [6, 6.07) is 59.1. The van der Waals surface area contributed by atoms with E-state index in [1.807, 2.05) is 36.4 Å². The number of fused-ring (bicyclic) bond motifs is 10. The smallest absolute Gasteiger partial charge is 0.173 e. The van der Waals surface area contributed by atoms with Gasteiger partial charge in [-0.05, 0) is 41.8 Å². The van der Waals surface area contributed by atoms with Crippen molar-refractivity contribution in [3.05, 3.63) is 187 Å². The molecular weight excluding hydrogens is 677 g/mol. The Morgan fingerprint density at radius 1 is 0.436 bits per heavy atom. The van der Waals surface area contributed by atoms with E-state index in [0.717, 1.165) is 93.9 Å². The molecule has 0 aliphatic carbocycles. The molecule has 4 heterocycles. The third-order valence-electron chi connectivity index (χ3n) is 11.0. The summed E-state index contributed by atoms with van der Waals surface area (Å²) in [6.07, 6.45) is -0.576. The average Bonchev–Trinajstić information content (AvgIpc) is 3.92. The second-order valence-electron chi connectivity index (χ2n) is 14.1. The molecule has 11 aromatic rings. The number of aromatic nitrogens is 1. The topological polar surface area (TPSA) is 68.0 Å². The third kappa shape index (κ3) is 4.49. The molecule has 1 aliphatic rings. The third-order valence-corrected chi connectivity index (χ3v) is 11.0. The maximum atomic E-state index is 7.18. The largest absolute Gasteiger partial charge is 0.456 e. The van der Waals surface area contributed by atoms with Gasteiger partial charge in [0.2, 0.25) is 0 Å². The second-order valence-corrected chi connectivity index (χ2v) is 14.1. The van der Waals surface area contributed by atoms with Crippen molar-refractivity contribution in [1.82, 2.24) is 9.88 Å². The number of hydrogen-bond acceptors (Lipinski definition) is 5. The summed E-state index contributed by atoms with van der Waals surface area (Å²) in [6.45, 7) is 0. The Morgan fingerprint density at radius 2 is 1.07 bits per heavy atom. The van der Waals surface area contributed by atoms with Crippen LogP contribution in [0, 0.1) is 0 Å². The van der Waals surface area contributed by atoms with Crippen LogP contribution in [0.5, 0.6) is 0 Å². The zero-order valence-corrected chi connectivity index (χ0v) is 29.4. The molecule has 1 N–H and O–H groups in total. The van der Waals surface area contributed by atoms with Crippen molar-refractivity contribution in [3.8, 4) is 5.69 Å². The molecule has 1 unspecified atom stereocenters. The lowest BCUT2D eigenvalue weighted by Crippen LogP contribution is -2.36. The zero-order chi connectivity index (χ0) is 36.0. The number of furan rings is 2. The lowest BCUT2D eigenvalue weighted by Gasteiger charge is -2.22. The number of nitrogens with one attached hydrogen (secondary N) is 1. The highest BCUT2D eigenvalue weighted by Crippen LogP contribution is 2.44. The van der Waals surface area contributed by atoms with Crippen molar-refractivity contribution < 1.29 is 8.83 Å². The van der Waals surface area contributed by atoms with Crippen LogP contribution < -0.4 is 5.32 Å². The van der Waals surface area contributed by atoms with E-state index in [1.54, 1.807) is 0 Å². The number of hydrogen-bond donors (Lipinski definition) is 1. The van der Waals surface area contributed by atoms with Crippen molar-refractivity contribution in [2.75, 3.05) is 0 Å². The summed E-state index contributed by atoms with van der Waals surface area (Å²) >= 11 is 0. The highest BCUT2D eigenvalue weighted by molar-refractivity contribution is 6.20. The molecule has 0 spiro atoms. The summed E-state index contributed by atoms with van der Waals surface area (Å²) in [4.78, 5) is 10.6. The first kappa shape index (κ1) is 30.1. The number of nitrogens with zero attached hydrogens (tertiary/aromatic N) is 3. The molecule has 55 heavy (non-hydrogen) atoms. The molecular formula is C49H30N4O2. The van der Waals surface area contributed by atoms with Crippen LogP contribution in [0.1, 0.15) is 22.9 Å². The molecule has 3 aromatic heterocycles. The van der Waals surface area contributed by atoms with Crippen molar-refractivity contribution >= 4 is 88.1 Å². The minimum Gasteiger partial charge on any atom is -0.456 e. The van der Waals surface area contributed by atoms with Gasteiger partial charge in [0, 0.05) is 54.4 Å². The second kappa shape index (κ2) is 11.5. The SMILES string of the molecule is c1ccc(C2=NC(c3cccc4c3oc3c(-n5c6ccccc6c6ccccc65)c5ccccc5cc34)N=C(c3ccc4c(c3)oc3ccccc34)N2)cc1. The van der Waals surface area contributed by atoms with Crippen LogP contribution in [0.4, 0.5) is 0 Å². The fraction of sp³-hybridized carbons (Fsp3) is 0.0204. The Kier molecular flexibility index (Phi) is 6.30. The van der Waals surface area contributed by atoms with Crippen LogP contribution in [0.3, 0.4) is 0 Å². The van der Waals surface area contributed by atoms with Gasteiger partial charge in [0.05, 0.1) is 16.7 Å². The van der Waals surface area contributed by atoms with E-state index in [0.29, 0.717) is 5.84 Å². The molecule has 1 aliphatic heterocycles. The molecule has 0 radical (unpaired) electrons. The van der Waals surface area contributed by atoms with E-state index >= 15 is 0 Å². The maximum Gasteiger partial charge on any atom is 0.173 e. The predicted molar refractivity (Wildman–Crippen MR) is 225 cm³/mol. The van der Waals surface area contributed by atoms with E-state index in [4.69, 9.17) is 18.8 Å². The molecule has 0 saturated carbocycles. The van der Waals surface area contributed by atoms with Crippen molar-refractivity contribution in [2.24, 2.45) is 9.98 Å². The number of benzene rings is 8. The van der Waals surface area contributed by atoms with Crippen LogP contribution in [0.2, 0.25) is 0 Å². The van der Waals surface area contributed by atoms with Crippen molar-refractivity contribution in [1.29, 1.82) is 0 Å². The monoisotopic (exact) mass is 706 g/mol. The molecule has 6 nitrogen and oxygen atoms in total. The van der Waals surface area contributed by atoms with Gasteiger partial charge in [-0.1, -0.05) is 133 Å². The minimum atomic E-state index is -0.576. The van der Waals surface area contributed by atoms with Gasteiger partial charge in [-0.3, -0.25) is 0 Å². The van der Waals surface area contributed by atoms with E-state index < -0.39 is 6.17 Å². The lowest BCUT2D eigenvalue weighted by molar-refractivity contribution is 0.647. The fourth-order valence-corrected chi connectivity index (χ4v) is 8.54. The standard InChI is InChI=1S/C49H30N4O2/c1-2-13-29(14-3-1)47-50-48(31-25-26-36-35-19-8-11-24-42(35)54-43(36)28-31)52-49(51-47)38-21-12-20-37-39-27-30-15-4-5-16-32(30)44(46(39)55-45(37)38)53-40-22-9-6-17-33(40)34-18-7-10-23-41(34)53/h1-28,49H,(H,50,51,52). The van der Waals surface area contributed by atoms with Crippen molar-refractivity contribution in [3.63, 3.8) is 0 Å². The number of rotatable bonds is 4. The van der Waals surface area contributed by atoms with E-state index in [-0.39, 0.29) is 0 Å². The molecule has 0 fully saturated rings. The van der Waals surface area contributed by atoms with Gasteiger partial charge in [0.25, 0.3) is 0 Å². The Bertz CT molecular complexity index is 3370. The van der Waals surface area contributed by atoms with Crippen molar-refractivity contribution in [2.45, 2.75) is 6.17 Å². The maximum absolute atomic E-state index is 7.18. The summed E-state index contributed by atoms with van der Waals surface area (Å²) in [5.41, 5.74) is 9.34. The van der Waals surface area contributed by atoms with Crippen LogP contribution in [0.25, 0.3) is 82.1 Å². The molecule has 12 rings (SSSR count). The van der Waals surface area contributed by atoms with Crippen LogP contribution >= 0.6 is 0 Å². The Morgan fingerprint density at radius 3 is 1.87 bits per heavy atom. The molecule has 6 heteroatoms. The Labute approximate surface area is 314 Å². The van der Waals surface area contributed by atoms with Gasteiger partial charge in [0.15, 0.2) is 11.7 Å². The van der Waals surface area contributed by atoms with Gasteiger partial charge in [-0.2, -0.15) is 0 Å². The quantitative estimate of drug-likeness (QED) is 0.198. The summed E-state index contributed by atoms with van der Waals surface area (Å²) in [5.74, 6) is 1.45. The number of para-hydroxylation sites is 4. The van der Waals surface area contributed by atoms with Crippen LogP contribution in [-0.4, -0.2) is 16.2 Å². The molecule has 8 aromatic carbocycles. The highest BCUT2D eigenvalue weighted by Gasteiger charge is 2.27. The van der Waals surface area contributed by atoms with Gasteiger partial charge in [0.1, 0.15) is 28.4 Å². The normalized spacial score (nSPS) is 14.7. The van der Waals surface area contributed by atoms with Crippen LogP contribution in [-0.2, 0) is 0 Å². The lowest BCUT2D eigenvalue weighted by atomic mass is 10.0. The average molecular weight is 707 g/mol.